The molecule has 1 fully saturated rings. The quantitative estimate of drug-likeness (QED) is 0.654. The Morgan fingerprint density at radius 2 is 1.90 bits per heavy atom. The summed E-state index contributed by atoms with van der Waals surface area (Å²) in [6.07, 6.45) is 1.99. The van der Waals surface area contributed by atoms with Crippen LogP contribution >= 0.6 is 0 Å². The van der Waals surface area contributed by atoms with Gasteiger partial charge in [0.1, 0.15) is 6.54 Å². The molecule has 1 aliphatic heterocycles. The molecule has 1 aliphatic rings. The van der Waals surface area contributed by atoms with E-state index in [4.69, 9.17) is 4.74 Å². The van der Waals surface area contributed by atoms with E-state index in [9.17, 15) is 22.8 Å². The van der Waals surface area contributed by atoms with Gasteiger partial charge in [-0.05, 0) is 43.0 Å². The van der Waals surface area contributed by atoms with Crippen LogP contribution in [-0.4, -0.2) is 68.7 Å². The highest BCUT2D eigenvalue weighted by atomic mass is 32.2. The van der Waals surface area contributed by atoms with Crippen molar-refractivity contribution >= 4 is 33.5 Å². The van der Waals surface area contributed by atoms with Gasteiger partial charge in [0.25, 0.3) is 5.91 Å². The van der Waals surface area contributed by atoms with Gasteiger partial charge in [0.2, 0.25) is 15.9 Å². The van der Waals surface area contributed by atoms with Crippen LogP contribution < -0.4 is 5.32 Å². The van der Waals surface area contributed by atoms with Crippen molar-refractivity contribution < 1.29 is 27.5 Å². The molecule has 10 heteroatoms. The summed E-state index contributed by atoms with van der Waals surface area (Å²) in [5, 5.41) is 2.54. The van der Waals surface area contributed by atoms with E-state index < -0.39 is 29.1 Å². The molecule has 2 amide bonds. The normalized spacial score (nSPS) is 17.1. The number of piperidine rings is 1. The lowest BCUT2D eigenvalue weighted by molar-refractivity contribution is -0.152. The Balaban J connectivity index is 1.88. The number of hydrogen-bond donors (Lipinski definition) is 1. The molecule has 1 heterocycles. The zero-order valence-corrected chi connectivity index (χ0v) is 17.7. The van der Waals surface area contributed by atoms with Crippen LogP contribution in [0.15, 0.2) is 29.2 Å². The van der Waals surface area contributed by atoms with E-state index in [1.54, 1.807) is 4.90 Å². The molecule has 0 saturated carbocycles. The second kappa shape index (κ2) is 9.84. The molecule has 0 unspecified atom stereocenters. The molecule has 29 heavy (non-hydrogen) atoms. The Hall–Kier alpha value is -2.46. The van der Waals surface area contributed by atoms with Crippen molar-refractivity contribution in [2.45, 2.75) is 31.6 Å². The number of rotatable bonds is 7. The van der Waals surface area contributed by atoms with Crippen LogP contribution in [0.4, 0.5) is 5.69 Å². The largest absolute Gasteiger partial charge is 0.455 e. The van der Waals surface area contributed by atoms with Crippen LogP contribution in [-0.2, 0) is 29.1 Å². The van der Waals surface area contributed by atoms with Crippen molar-refractivity contribution in [1.29, 1.82) is 0 Å². The molecule has 2 rings (SSSR count). The lowest BCUT2D eigenvalue weighted by Gasteiger charge is -2.30. The van der Waals surface area contributed by atoms with Crippen molar-refractivity contribution in [2.75, 3.05) is 38.6 Å². The molecule has 0 aliphatic carbocycles. The third-order valence-electron chi connectivity index (χ3n) is 4.60. The van der Waals surface area contributed by atoms with Gasteiger partial charge in [-0.2, -0.15) is 4.31 Å². The summed E-state index contributed by atoms with van der Waals surface area (Å²) in [5.41, 5.74) is 0.462. The first-order chi connectivity index (χ1) is 13.6. The molecule has 1 saturated heterocycles. The Morgan fingerprint density at radius 3 is 2.48 bits per heavy atom. The van der Waals surface area contributed by atoms with Gasteiger partial charge in [0.15, 0.2) is 6.61 Å². The Bertz CT molecular complexity index is 853. The zero-order chi connectivity index (χ0) is 21.6. The lowest BCUT2D eigenvalue weighted by atomic mass is 10.0. The molecule has 0 aromatic heterocycles. The van der Waals surface area contributed by atoms with Crippen molar-refractivity contribution in [1.82, 2.24) is 9.21 Å². The summed E-state index contributed by atoms with van der Waals surface area (Å²) in [6, 6.07) is 5.59. The number of ether oxygens (including phenoxy) is 1. The SMILES string of the molecule is CC(=O)Nc1ccc(S(=O)(=O)N(C)CC(=O)OCC(=O)N2CCC[C@H](C)C2)cc1. The van der Waals surface area contributed by atoms with Crippen LogP contribution in [0.1, 0.15) is 26.7 Å². The summed E-state index contributed by atoms with van der Waals surface area (Å²) in [4.78, 5) is 36.8. The standard InChI is InChI=1S/C19H27N3O6S/c1-14-5-4-10-22(11-14)18(24)13-28-19(25)12-21(3)29(26,27)17-8-6-16(7-9-17)20-15(2)23/h6-9,14H,4-5,10-13H2,1-3H3,(H,20,23)/t14-/m0/s1. The number of benzene rings is 1. The predicted molar refractivity (Wildman–Crippen MR) is 106 cm³/mol. The molecule has 1 N–H and O–H groups in total. The minimum Gasteiger partial charge on any atom is -0.455 e. The summed E-state index contributed by atoms with van der Waals surface area (Å²) < 4.78 is 31.0. The topological polar surface area (TPSA) is 113 Å². The summed E-state index contributed by atoms with van der Waals surface area (Å²) >= 11 is 0. The minimum atomic E-state index is -3.92. The highest BCUT2D eigenvalue weighted by Crippen LogP contribution is 2.18. The van der Waals surface area contributed by atoms with Crippen molar-refractivity contribution in [2.24, 2.45) is 5.92 Å². The first kappa shape index (κ1) is 22.8. The van der Waals surface area contributed by atoms with Crippen molar-refractivity contribution in [3.8, 4) is 0 Å². The number of hydrogen-bond acceptors (Lipinski definition) is 6. The lowest BCUT2D eigenvalue weighted by Crippen LogP contribution is -2.42. The molecule has 0 spiro atoms. The van der Waals surface area contributed by atoms with Crippen LogP contribution in [0.5, 0.6) is 0 Å². The fourth-order valence-electron chi connectivity index (χ4n) is 3.06. The molecule has 160 valence electrons. The second-order valence-corrected chi connectivity index (χ2v) is 9.26. The van der Waals surface area contributed by atoms with Gasteiger partial charge in [0.05, 0.1) is 4.90 Å². The highest BCUT2D eigenvalue weighted by molar-refractivity contribution is 7.89. The van der Waals surface area contributed by atoms with E-state index in [0.717, 1.165) is 17.1 Å². The molecule has 0 radical (unpaired) electrons. The van der Waals surface area contributed by atoms with E-state index in [0.29, 0.717) is 24.7 Å². The third-order valence-corrected chi connectivity index (χ3v) is 6.42. The van der Waals surface area contributed by atoms with Gasteiger partial charge in [-0.15, -0.1) is 0 Å². The van der Waals surface area contributed by atoms with Gasteiger partial charge in [-0.3, -0.25) is 14.4 Å². The van der Waals surface area contributed by atoms with E-state index >= 15 is 0 Å². The number of likely N-dealkylation sites (N-methyl/N-ethyl adjacent to an activating group) is 1. The predicted octanol–water partition coefficient (Wildman–Crippen LogP) is 1.07. The number of nitrogens with zero attached hydrogens (tertiary/aromatic N) is 2. The number of anilines is 1. The van der Waals surface area contributed by atoms with E-state index in [2.05, 4.69) is 12.2 Å². The van der Waals surface area contributed by atoms with E-state index in [-0.39, 0.29) is 16.7 Å². The maximum Gasteiger partial charge on any atom is 0.321 e. The minimum absolute atomic E-state index is 0.0275. The van der Waals surface area contributed by atoms with Crippen LogP contribution in [0.2, 0.25) is 0 Å². The third kappa shape index (κ3) is 6.53. The molecular weight excluding hydrogens is 398 g/mol. The highest BCUT2D eigenvalue weighted by Gasteiger charge is 2.25. The van der Waals surface area contributed by atoms with E-state index in [1.165, 1.54) is 38.2 Å². The maximum atomic E-state index is 12.6. The molecule has 1 atom stereocenters. The average molecular weight is 426 g/mol. The number of nitrogens with one attached hydrogen (secondary N) is 1. The number of sulfonamides is 1. The fourth-order valence-corrected chi connectivity index (χ4v) is 4.17. The van der Waals surface area contributed by atoms with Crippen molar-refractivity contribution in [3.05, 3.63) is 24.3 Å². The number of carbonyl (C=O) groups is 3. The summed E-state index contributed by atoms with van der Waals surface area (Å²) in [6.45, 7) is 3.78. The molecule has 1 aromatic rings. The molecular formula is C19H27N3O6S. The number of amides is 2. The summed E-state index contributed by atoms with van der Waals surface area (Å²) in [5.74, 6) is -0.931. The number of likely N-dealkylation sites (tertiary alicyclic amines) is 1. The first-order valence-corrected chi connectivity index (χ1v) is 10.8. The van der Waals surface area contributed by atoms with Crippen LogP contribution in [0.3, 0.4) is 0 Å². The average Bonchev–Trinajstić information content (AvgIpc) is 2.66. The Kier molecular flexibility index (Phi) is 7.74. The maximum absolute atomic E-state index is 12.6. The van der Waals surface area contributed by atoms with Gasteiger partial charge >= 0.3 is 5.97 Å². The van der Waals surface area contributed by atoms with Gasteiger partial charge in [0, 0.05) is 32.7 Å². The Labute approximate surface area is 171 Å². The molecule has 1 aromatic carbocycles. The second-order valence-electron chi connectivity index (χ2n) is 7.21. The Morgan fingerprint density at radius 1 is 1.24 bits per heavy atom. The van der Waals surface area contributed by atoms with Crippen molar-refractivity contribution in [3.63, 3.8) is 0 Å². The van der Waals surface area contributed by atoms with E-state index in [1.807, 2.05) is 0 Å². The fraction of sp³-hybridized carbons (Fsp3) is 0.526. The molecule has 0 bridgehead atoms. The summed E-state index contributed by atoms with van der Waals surface area (Å²) in [7, 11) is -2.66. The number of carbonyl (C=O) groups excluding carboxylic acids is 3. The monoisotopic (exact) mass is 425 g/mol. The zero-order valence-electron chi connectivity index (χ0n) is 16.9. The van der Waals surface area contributed by atoms with Gasteiger partial charge in [-0.25, -0.2) is 8.42 Å². The first-order valence-electron chi connectivity index (χ1n) is 9.37. The van der Waals surface area contributed by atoms with Gasteiger partial charge in [-0.1, -0.05) is 6.92 Å². The van der Waals surface area contributed by atoms with Gasteiger partial charge < -0.3 is 15.0 Å². The number of esters is 1. The van der Waals surface area contributed by atoms with Crippen LogP contribution in [0.25, 0.3) is 0 Å². The molecule has 9 nitrogen and oxygen atoms in total. The smallest absolute Gasteiger partial charge is 0.321 e. The van der Waals surface area contributed by atoms with Crippen LogP contribution in [0, 0.1) is 5.92 Å².